The van der Waals surface area contributed by atoms with Crippen molar-refractivity contribution in [3.63, 3.8) is 0 Å². The third kappa shape index (κ3) is 5.98. The number of ether oxygens (including phenoxy) is 1. The molecular weight excluding hydrogens is 368 g/mol. The minimum absolute atomic E-state index is 0.00324. The van der Waals surface area contributed by atoms with Gasteiger partial charge in [-0.15, -0.1) is 0 Å². The van der Waals surface area contributed by atoms with Gasteiger partial charge in [0.2, 0.25) is 0 Å². The second-order valence-electron chi connectivity index (χ2n) is 9.46. The van der Waals surface area contributed by atoms with Gasteiger partial charge in [0.1, 0.15) is 11.3 Å². The number of hydrogen-bond donors (Lipinski definition) is 1. The SMILES string of the molecule is CN1CCC(CNC(=O)c2cccn2C2CCN(C(=O)OC(C)(C)C)CC2)CC1. The average molecular weight is 405 g/mol. The van der Waals surface area contributed by atoms with Crippen molar-refractivity contribution in [2.24, 2.45) is 5.92 Å². The van der Waals surface area contributed by atoms with Crippen LogP contribution in [0.5, 0.6) is 0 Å². The number of rotatable bonds is 4. The molecule has 0 aromatic carbocycles. The van der Waals surface area contributed by atoms with Crippen molar-refractivity contribution in [1.82, 2.24) is 19.7 Å². The predicted molar refractivity (Wildman–Crippen MR) is 113 cm³/mol. The largest absolute Gasteiger partial charge is 0.444 e. The van der Waals surface area contributed by atoms with Crippen LogP contribution < -0.4 is 5.32 Å². The third-order valence-corrected chi connectivity index (χ3v) is 5.91. The molecule has 7 nitrogen and oxygen atoms in total. The van der Waals surface area contributed by atoms with Gasteiger partial charge >= 0.3 is 6.09 Å². The lowest BCUT2D eigenvalue weighted by Crippen LogP contribution is -2.42. The predicted octanol–water partition coefficient (Wildman–Crippen LogP) is 3.13. The summed E-state index contributed by atoms with van der Waals surface area (Å²) >= 11 is 0. The highest BCUT2D eigenvalue weighted by Gasteiger charge is 2.29. The van der Waals surface area contributed by atoms with Crippen LogP contribution in [0.15, 0.2) is 18.3 Å². The first-order valence-corrected chi connectivity index (χ1v) is 10.8. The molecule has 1 N–H and O–H groups in total. The molecule has 0 bridgehead atoms. The van der Waals surface area contributed by atoms with E-state index in [2.05, 4.69) is 21.8 Å². The maximum atomic E-state index is 12.8. The van der Waals surface area contributed by atoms with E-state index >= 15 is 0 Å². The summed E-state index contributed by atoms with van der Waals surface area (Å²) in [6, 6.07) is 4.06. The van der Waals surface area contributed by atoms with Crippen LogP contribution in [0.2, 0.25) is 0 Å². The van der Waals surface area contributed by atoms with E-state index < -0.39 is 5.60 Å². The van der Waals surface area contributed by atoms with Crippen molar-refractivity contribution in [3.8, 4) is 0 Å². The number of piperidine rings is 2. The summed E-state index contributed by atoms with van der Waals surface area (Å²) in [5.74, 6) is 0.569. The van der Waals surface area contributed by atoms with Gasteiger partial charge < -0.3 is 24.4 Å². The summed E-state index contributed by atoms with van der Waals surface area (Å²) in [6.45, 7) is 9.90. The van der Waals surface area contributed by atoms with Crippen molar-refractivity contribution < 1.29 is 14.3 Å². The molecule has 0 unspecified atom stereocenters. The zero-order chi connectivity index (χ0) is 21.0. The Kier molecular flexibility index (Phi) is 6.88. The van der Waals surface area contributed by atoms with Crippen molar-refractivity contribution in [2.45, 2.75) is 58.1 Å². The molecule has 2 fully saturated rings. The second-order valence-corrected chi connectivity index (χ2v) is 9.46. The van der Waals surface area contributed by atoms with E-state index in [0.717, 1.165) is 45.3 Å². The van der Waals surface area contributed by atoms with E-state index in [4.69, 9.17) is 4.74 Å². The number of carbonyl (C=O) groups is 2. The van der Waals surface area contributed by atoms with Crippen molar-refractivity contribution in [2.75, 3.05) is 39.8 Å². The molecule has 0 radical (unpaired) electrons. The van der Waals surface area contributed by atoms with Gasteiger partial charge in [0.15, 0.2) is 0 Å². The Balaban J connectivity index is 1.51. The summed E-state index contributed by atoms with van der Waals surface area (Å²) < 4.78 is 7.55. The summed E-state index contributed by atoms with van der Waals surface area (Å²) in [7, 11) is 2.15. The number of aromatic nitrogens is 1. The molecule has 2 saturated heterocycles. The number of amides is 2. The monoisotopic (exact) mass is 404 g/mol. The summed E-state index contributed by atoms with van der Waals surface area (Å²) in [4.78, 5) is 29.2. The van der Waals surface area contributed by atoms with Crippen LogP contribution in [0.4, 0.5) is 4.79 Å². The third-order valence-electron chi connectivity index (χ3n) is 5.91. The molecule has 0 saturated carbocycles. The van der Waals surface area contributed by atoms with Crippen LogP contribution in [-0.4, -0.2) is 71.7 Å². The fraction of sp³-hybridized carbons (Fsp3) is 0.727. The van der Waals surface area contributed by atoms with E-state index in [1.165, 1.54) is 0 Å². The Morgan fingerprint density at radius 1 is 1.10 bits per heavy atom. The Labute approximate surface area is 174 Å². The minimum atomic E-state index is -0.479. The molecule has 3 heterocycles. The van der Waals surface area contributed by atoms with Gasteiger partial charge in [0.25, 0.3) is 5.91 Å². The van der Waals surface area contributed by atoms with E-state index in [9.17, 15) is 9.59 Å². The second kappa shape index (κ2) is 9.20. The Bertz CT molecular complexity index is 693. The fourth-order valence-electron chi connectivity index (χ4n) is 4.15. The normalized spacial score (nSPS) is 19.9. The smallest absolute Gasteiger partial charge is 0.410 e. The van der Waals surface area contributed by atoms with E-state index in [0.29, 0.717) is 24.7 Å². The first-order valence-electron chi connectivity index (χ1n) is 10.8. The molecule has 1 aromatic rings. The number of nitrogens with one attached hydrogen (secondary N) is 1. The zero-order valence-corrected chi connectivity index (χ0v) is 18.3. The Morgan fingerprint density at radius 2 is 1.76 bits per heavy atom. The highest BCUT2D eigenvalue weighted by Crippen LogP contribution is 2.26. The first kappa shape index (κ1) is 21.7. The van der Waals surface area contributed by atoms with Crippen molar-refractivity contribution in [1.29, 1.82) is 0 Å². The lowest BCUT2D eigenvalue weighted by molar-refractivity contribution is 0.0187. The van der Waals surface area contributed by atoms with Crippen LogP contribution in [-0.2, 0) is 4.74 Å². The first-order chi connectivity index (χ1) is 13.7. The van der Waals surface area contributed by atoms with Crippen LogP contribution in [0.3, 0.4) is 0 Å². The lowest BCUT2D eigenvalue weighted by atomic mass is 9.97. The fourth-order valence-corrected chi connectivity index (χ4v) is 4.15. The van der Waals surface area contributed by atoms with Gasteiger partial charge in [0.05, 0.1) is 0 Å². The number of hydrogen-bond acceptors (Lipinski definition) is 4. The van der Waals surface area contributed by atoms with Crippen LogP contribution in [0.1, 0.15) is 63.0 Å². The van der Waals surface area contributed by atoms with Crippen molar-refractivity contribution >= 4 is 12.0 Å². The molecule has 0 spiro atoms. The van der Waals surface area contributed by atoms with E-state index in [1.54, 1.807) is 4.90 Å². The molecule has 2 amide bonds. The number of likely N-dealkylation sites (tertiary alicyclic amines) is 2. The average Bonchev–Trinajstić information content (AvgIpc) is 3.16. The molecular formula is C22H36N4O3. The Hall–Kier alpha value is -2.02. The van der Waals surface area contributed by atoms with Crippen LogP contribution in [0, 0.1) is 5.92 Å². The summed E-state index contributed by atoms with van der Waals surface area (Å²) in [6.07, 6.45) is 5.66. The van der Waals surface area contributed by atoms with Gasteiger partial charge in [-0.05, 0) is 84.6 Å². The van der Waals surface area contributed by atoms with Gasteiger partial charge in [-0.25, -0.2) is 4.79 Å². The molecule has 3 rings (SSSR count). The van der Waals surface area contributed by atoms with Gasteiger partial charge in [0, 0.05) is 31.9 Å². The van der Waals surface area contributed by atoms with Crippen molar-refractivity contribution in [3.05, 3.63) is 24.0 Å². The number of nitrogens with zero attached hydrogens (tertiary/aromatic N) is 3. The molecule has 0 atom stereocenters. The van der Waals surface area contributed by atoms with Crippen LogP contribution in [0.25, 0.3) is 0 Å². The highest BCUT2D eigenvalue weighted by atomic mass is 16.6. The Morgan fingerprint density at radius 3 is 2.38 bits per heavy atom. The van der Waals surface area contributed by atoms with E-state index in [1.807, 2.05) is 39.1 Å². The quantitative estimate of drug-likeness (QED) is 0.837. The molecule has 1 aromatic heterocycles. The molecule has 7 heteroatoms. The van der Waals surface area contributed by atoms with Crippen LogP contribution >= 0.6 is 0 Å². The van der Waals surface area contributed by atoms with Gasteiger partial charge in [-0.2, -0.15) is 0 Å². The minimum Gasteiger partial charge on any atom is -0.444 e. The maximum Gasteiger partial charge on any atom is 0.410 e. The molecule has 2 aliphatic rings. The summed E-state index contributed by atoms with van der Waals surface area (Å²) in [5, 5.41) is 3.14. The zero-order valence-electron chi connectivity index (χ0n) is 18.3. The standard InChI is InChI=1S/C22H36N4O3/c1-22(2,3)29-21(28)25-14-9-18(10-15-25)26-11-5-6-19(26)20(27)23-16-17-7-12-24(4)13-8-17/h5-6,11,17-18H,7-10,12-16H2,1-4H3,(H,23,27). The molecule has 162 valence electrons. The highest BCUT2D eigenvalue weighted by molar-refractivity contribution is 5.92. The molecule has 0 aliphatic carbocycles. The van der Waals surface area contributed by atoms with Gasteiger partial charge in [-0.3, -0.25) is 4.79 Å². The molecule has 29 heavy (non-hydrogen) atoms. The number of carbonyl (C=O) groups excluding carboxylic acids is 2. The summed E-state index contributed by atoms with van der Waals surface area (Å²) in [5.41, 5.74) is 0.238. The maximum absolute atomic E-state index is 12.8. The molecule has 2 aliphatic heterocycles. The van der Waals surface area contributed by atoms with E-state index in [-0.39, 0.29) is 18.0 Å². The van der Waals surface area contributed by atoms with Gasteiger partial charge in [-0.1, -0.05) is 0 Å². The lowest BCUT2D eigenvalue weighted by Gasteiger charge is -2.34. The topological polar surface area (TPSA) is 66.8 Å².